The summed E-state index contributed by atoms with van der Waals surface area (Å²) in [4.78, 5) is 30.2. The summed E-state index contributed by atoms with van der Waals surface area (Å²) in [5, 5.41) is 9.27. The van der Waals surface area contributed by atoms with Gasteiger partial charge in [-0.05, 0) is 74.2 Å². The molecule has 0 fully saturated rings. The van der Waals surface area contributed by atoms with E-state index >= 15 is 0 Å². The Morgan fingerprint density at radius 3 is 2.65 bits per heavy atom. The summed E-state index contributed by atoms with van der Waals surface area (Å²) in [5.74, 6) is -1.66. The molecule has 212 valence electrons. The zero-order valence-electron chi connectivity index (χ0n) is 23.2. The molecule has 0 bridgehead atoms. The van der Waals surface area contributed by atoms with E-state index in [-0.39, 0.29) is 30.9 Å². The highest BCUT2D eigenvalue weighted by Crippen LogP contribution is 2.38. The second kappa shape index (κ2) is 12.0. The summed E-state index contributed by atoms with van der Waals surface area (Å²) in [5.41, 5.74) is 8.09. The van der Waals surface area contributed by atoms with Crippen LogP contribution >= 0.6 is 0 Å². The fraction of sp³-hybridized carbons (Fsp3) is 0.433. The van der Waals surface area contributed by atoms with Crippen molar-refractivity contribution in [2.24, 2.45) is 5.73 Å². The quantitative estimate of drug-likeness (QED) is 0.279. The molecule has 2 heterocycles. The normalized spacial score (nSPS) is 20.6. The minimum Gasteiger partial charge on any atom is -0.464 e. The zero-order chi connectivity index (χ0) is 29.1. The summed E-state index contributed by atoms with van der Waals surface area (Å²) in [7, 11) is -2.35. The number of esters is 1. The molecular formula is C30H36N4O5S. The van der Waals surface area contributed by atoms with E-state index in [1.807, 2.05) is 20.0 Å². The van der Waals surface area contributed by atoms with Crippen molar-refractivity contribution in [1.29, 1.82) is 5.26 Å². The second-order valence-corrected chi connectivity index (χ2v) is 12.3. The van der Waals surface area contributed by atoms with Crippen molar-refractivity contribution in [1.82, 2.24) is 9.21 Å². The Morgan fingerprint density at radius 2 is 1.95 bits per heavy atom. The number of ketones is 1. The van der Waals surface area contributed by atoms with Gasteiger partial charge in [0, 0.05) is 26.1 Å². The number of Topliss-reactive ketones (excluding diaryl/α,β-unsaturated/α-hetero) is 1. The number of rotatable bonds is 9. The summed E-state index contributed by atoms with van der Waals surface area (Å²) >= 11 is 0. The number of sulfonamides is 1. The van der Waals surface area contributed by atoms with Crippen molar-refractivity contribution in [2.75, 3.05) is 26.7 Å². The van der Waals surface area contributed by atoms with Crippen LogP contribution in [0.4, 0.5) is 0 Å². The van der Waals surface area contributed by atoms with E-state index in [4.69, 9.17) is 10.5 Å². The Kier molecular flexibility index (Phi) is 8.90. The number of fused-ring (bicyclic) bond motifs is 1. The number of nitrogens with two attached hydrogens (primary N) is 1. The lowest BCUT2D eigenvalue weighted by Gasteiger charge is -2.43. The lowest BCUT2D eigenvalue weighted by atomic mass is 9.79. The van der Waals surface area contributed by atoms with Gasteiger partial charge in [0.05, 0.1) is 29.2 Å². The highest BCUT2D eigenvalue weighted by molar-refractivity contribution is 7.89. The number of ether oxygens (including phenoxy) is 1. The number of hydrogen-bond donors (Lipinski definition) is 1. The zero-order valence-corrected chi connectivity index (χ0v) is 24.0. The van der Waals surface area contributed by atoms with Gasteiger partial charge in [-0.2, -0.15) is 9.57 Å². The highest BCUT2D eigenvalue weighted by atomic mass is 32.2. The Hall–Kier alpha value is -3.36. The summed E-state index contributed by atoms with van der Waals surface area (Å²) < 4.78 is 35.0. The smallest absolute Gasteiger partial charge is 0.335 e. The first-order valence-electron chi connectivity index (χ1n) is 13.5. The van der Waals surface area contributed by atoms with Gasteiger partial charge in [0.15, 0.2) is 11.3 Å². The molecule has 40 heavy (non-hydrogen) atoms. The van der Waals surface area contributed by atoms with Crippen LogP contribution < -0.4 is 5.73 Å². The lowest BCUT2D eigenvalue weighted by molar-refractivity contribution is -0.160. The Balaban J connectivity index is 1.81. The number of carbonyl (C=O) groups excluding carboxylic acids is 2. The van der Waals surface area contributed by atoms with E-state index in [9.17, 15) is 23.3 Å². The molecular weight excluding hydrogens is 528 g/mol. The van der Waals surface area contributed by atoms with Crippen molar-refractivity contribution < 1.29 is 22.7 Å². The lowest BCUT2D eigenvalue weighted by Crippen LogP contribution is -2.67. The maximum absolute atomic E-state index is 14.3. The van der Waals surface area contributed by atoms with Gasteiger partial charge >= 0.3 is 5.97 Å². The van der Waals surface area contributed by atoms with Crippen LogP contribution in [0.15, 0.2) is 59.0 Å². The number of nitrogens with zero attached hydrogens (tertiary/aromatic N) is 3. The molecule has 0 spiro atoms. The van der Waals surface area contributed by atoms with E-state index in [2.05, 4.69) is 11.0 Å². The van der Waals surface area contributed by atoms with E-state index in [0.29, 0.717) is 24.1 Å². The topological polar surface area (TPSA) is 134 Å². The van der Waals surface area contributed by atoms with Gasteiger partial charge in [0.25, 0.3) is 0 Å². The predicted octanol–water partition coefficient (Wildman–Crippen LogP) is 2.72. The molecule has 0 unspecified atom stereocenters. The minimum atomic E-state index is -4.33. The van der Waals surface area contributed by atoms with E-state index in [0.717, 1.165) is 34.0 Å². The molecule has 2 atom stereocenters. The Bertz CT molecular complexity index is 1480. The number of carbonyl (C=O) groups is 2. The SMILES string of the molecule is CCOC(=O)[C@@]1(C(=O)[C@H](N)Cc2cccc(C#N)c2)CC(CC)=CCN1S(=O)(=O)c1ccc2c(c1)CN(C)CC2. The molecule has 2 aliphatic rings. The minimum absolute atomic E-state index is 0.0201. The van der Waals surface area contributed by atoms with Gasteiger partial charge in [-0.25, -0.2) is 13.2 Å². The molecule has 0 aromatic heterocycles. The van der Waals surface area contributed by atoms with Crippen molar-refractivity contribution in [3.05, 3.63) is 76.4 Å². The van der Waals surface area contributed by atoms with Crippen LogP contribution in [0, 0.1) is 11.3 Å². The summed E-state index contributed by atoms with van der Waals surface area (Å²) in [6.45, 7) is 4.80. The molecule has 9 nitrogen and oxygen atoms in total. The molecule has 2 aromatic rings. The Labute approximate surface area is 236 Å². The summed E-state index contributed by atoms with van der Waals surface area (Å²) in [6.07, 6.45) is 2.99. The van der Waals surface area contributed by atoms with Crippen LogP contribution in [0.25, 0.3) is 0 Å². The fourth-order valence-electron chi connectivity index (χ4n) is 5.55. The standard InChI is InChI=1S/C30H36N4O5S/c1-4-21-11-14-34(40(37,38)26-10-9-24-12-13-33(3)20-25(24)17-26)30(18-21,29(36)39-5-2)28(35)27(32)16-22-7-6-8-23(15-22)19-31/h6-11,15,17,27H,4-5,12-14,16,18,20,32H2,1-3H3/t27-,30+/m1/s1. The molecule has 10 heteroatoms. The third-order valence-electron chi connectivity index (χ3n) is 7.75. The van der Waals surface area contributed by atoms with Crippen molar-refractivity contribution in [3.63, 3.8) is 0 Å². The molecule has 2 aromatic carbocycles. The van der Waals surface area contributed by atoms with Crippen LogP contribution in [-0.4, -0.2) is 67.7 Å². The van der Waals surface area contributed by atoms with Crippen LogP contribution in [0.2, 0.25) is 0 Å². The second-order valence-electron chi connectivity index (χ2n) is 10.4. The first-order valence-corrected chi connectivity index (χ1v) is 15.0. The van der Waals surface area contributed by atoms with Crippen LogP contribution in [-0.2, 0) is 43.7 Å². The fourth-order valence-corrected chi connectivity index (χ4v) is 7.24. The van der Waals surface area contributed by atoms with Crippen LogP contribution in [0.3, 0.4) is 0 Å². The first kappa shape index (κ1) is 29.6. The number of benzene rings is 2. The van der Waals surface area contributed by atoms with E-state index in [1.165, 1.54) is 0 Å². The maximum atomic E-state index is 14.3. The molecule has 0 saturated carbocycles. The van der Waals surface area contributed by atoms with E-state index < -0.39 is 33.4 Å². The average molecular weight is 565 g/mol. The summed E-state index contributed by atoms with van der Waals surface area (Å²) in [6, 6.07) is 12.5. The van der Waals surface area contributed by atoms with Crippen molar-refractivity contribution in [3.8, 4) is 6.07 Å². The predicted molar refractivity (Wildman–Crippen MR) is 151 cm³/mol. The third-order valence-corrected chi connectivity index (χ3v) is 9.64. The van der Waals surface area contributed by atoms with Crippen molar-refractivity contribution in [2.45, 2.75) is 62.6 Å². The molecule has 0 saturated heterocycles. The monoisotopic (exact) mass is 564 g/mol. The molecule has 0 amide bonds. The first-order chi connectivity index (χ1) is 19.1. The number of likely N-dealkylation sites (N-methyl/N-ethyl adjacent to an activating group) is 1. The van der Waals surface area contributed by atoms with E-state index in [1.54, 1.807) is 49.4 Å². The van der Waals surface area contributed by atoms with Gasteiger partial charge in [-0.15, -0.1) is 0 Å². The highest BCUT2D eigenvalue weighted by Gasteiger charge is 2.59. The molecule has 2 aliphatic heterocycles. The Morgan fingerprint density at radius 1 is 1.18 bits per heavy atom. The molecule has 0 aliphatic carbocycles. The number of hydrogen-bond acceptors (Lipinski definition) is 8. The van der Waals surface area contributed by atoms with Gasteiger partial charge in [-0.3, -0.25) is 4.79 Å². The number of nitriles is 1. The van der Waals surface area contributed by atoms with Gasteiger partial charge in [0.2, 0.25) is 10.0 Å². The van der Waals surface area contributed by atoms with Crippen LogP contribution in [0.1, 0.15) is 48.9 Å². The third kappa shape index (κ3) is 5.60. The van der Waals surface area contributed by atoms with Gasteiger partial charge in [-0.1, -0.05) is 36.8 Å². The molecule has 0 radical (unpaired) electrons. The van der Waals surface area contributed by atoms with Gasteiger partial charge < -0.3 is 15.4 Å². The molecule has 2 N–H and O–H groups in total. The molecule has 4 rings (SSSR count). The average Bonchev–Trinajstić information content (AvgIpc) is 2.95. The van der Waals surface area contributed by atoms with Gasteiger partial charge in [0.1, 0.15) is 0 Å². The maximum Gasteiger partial charge on any atom is 0.335 e. The van der Waals surface area contributed by atoms with Crippen LogP contribution in [0.5, 0.6) is 0 Å². The van der Waals surface area contributed by atoms with Crippen molar-refractivity contribution >= 4 is 21.8 Å². The largest absolute Gasteiger partial charge is 0.464 e.